The maximum atomic E-state index is 12.4. The Balaban J connectivity index is 2.81. The van der Waals surface area contributed by atoms with E-state index >= 15 is 0 Å². The van der Waals surface area contributed by atoms with Crippen LogP contribution in [0.15, 0.2) is 24.3 Å². The van der Waals surface area contributed by atoms with Gasteiger partial charge in [-0.1, -0.05) is 6.07 Å². The van der Waals surface area contributed by atoms with Crippen molar-refractivity contribution in [1.82, 2.24) is 5.32 Å². The summed E-state index contributed by atoms with van der Waals surface area (Å²) in [6, 6.07) is 4.25. The molecule has 17 heavy (non-hydrogen) atoms. The zero-order valence-electron chi connectivity index (χ0n) is 9.01. The second-order valence-electron chi connectivity index (χ2n) is 3.57. The maximum absolute atomic E-state index is 12.4. The quantitative estimate of drug-likeness (QED) is 0.836. The summed E-state index contributed by atoms with van der Waals surface area (Å²) in [4.78, 5) is 11.5. The lowest BCUT2D eigenvalue weighted by Gasteiger charge is -2.09. The molecule has 0 heterocycles. The van der Waals surface area contributed by atoms with Gasteiger partial charge in [0.1, 0.15) is 0 Å². The summed E-state index contributed by atoms with van der Waals surface area (Å²) in [6.07, 6.45) is -4.45. The van der Waals surface area contributed by atoms with Gasteiger partial charge >= 0.3 is 6.18 Å². The Morgan fingerprint density at radius 2 is 2.12 bits per heavy atom. The third kappa shape index (κ3) is 4.26. The van der Waals surface area contributed by atoms with Crippen LogP contribution in [0.3, 0.4) is 0 Å². The average molecular weight is 266 g/mol. The highest BCUT2D eigenvalue weighted by Gasteiger charge is 2.30. The van der Waals surface area contributed by atoms with Gasteiger partial charge in [0.25, 0.3) is 5.91 Å². The lowest BCUT2D eigenvalue weighted by molar-refractivity contribution is -0.137. The van der Waals surface area contributed by atoms with Crippen LogP contribution >= 0.6 is 11.6 Å². The van der Waals surface area contributed by atoms with Crippen molar-refractivity contribution in [2.45, 2.75) is 18.5 Å². The van der Waals surface area contributed by atoms with Gasteiger partial charge in [0.05, 0.1) is 5.56 Å². The first kappa shape index (κ1) is 13.8. The fourth-order valence-electron chi connectivity index (χ4n) is 1.17. The van der Waals surface area contributed by atoms with Crippen LogP contribution in [-0.4, -0.2) is 17.8 Å². The topological polar surface area (TPSA) is 29.1 Å². The molecule has 2 nitrogen and oxygen atoms in total. The van der Waals surface area contributed by atoms with Crippen LogP contribution in [0.2, 0.25) is 0 Å². The van der Waals surface area contributed by atoms with E-state index in [1.54, 1.807) is 6.92 Å². The van der Waals surface area contributed by atoms with Crippen molar-refractivity contribution in [3.05, 3.63) is 35.4 Å². The summed E-state index contributed by atoms with van der Waals surface area (Å²) in [7, 11) is 0. The minimum atomic E-state index is -4.45. The normalized spacial score (nSPS) is 13.2. The van der Waals surface area contributed by atoms with Gasteiger partial charge < -0.3 is 5.32 Å². The lowest BCUT2D eigenvalue weighted by Crippen LogP contribution is -2.28. The van der Waals surface area contributed by atoms with Gasteiger partial charge in [-0.2, -0.15) is 13.2 Å². The molecule has 0 aromatic heterocycles. The number of hydrogen-bond acceptors (Lipinski definition) is 1. The standard InChI is InChI=1S/C11H11ClF3NO/c1-7(12)6-16-10(17)8-3-2-4-9(5-8)11(13,14)15/h2-5,7H,6H2,1H3,(H,16,17). The molecule has 1 aromatic rings. The number of rotatable bonds is 3. The highest BCUT2D eigenvalue weighted by molar-refractivity contribution is 6.20. The molecule has 0 spiro atoms. The molecule has 0 aliphatic carbocycles. The maximum Gasteiger partial charge on any atom is 0.416 e. The SMILES string of the molecule is CC(Cl)CNC(=O)c1cccc(C(F)(F)F)c1. The molecule has 94 valence electrons. The number of carbonyl (C=O) groups excluding carboxylic acids is 1. The number of nitrogens with one attached hydrogen (secondary N) is 1. The van der Waals surface area contributed by atoms with E-state index in [0.717, 1.165) is 12.1 Å². The Morgan fingerprint density at radius 1 is 1.47 bits per heavy atom. The molecule has 6 heteroatoms. The molecule has 1 aromatic carbocycles. The Morgan fingerprint density at radius 3 is 2.65 bits per heavy atom. The van der Waals surface area contributed by atoms with Gasteiger partial charge in [-0.25, -0.2) is 0 Å². The van der Waals surface area contributed by atoms with Crippen molar-refractivity contribution in [2.75, 3.05) is 6.54 Å². The van der Waals surface area contributed by atoms with Gasteiger partial charge in [-0.15, -0.1) is 11.6 Å². The smallest absolute Gasteiger partial charge is 0.351 e. The van der Waals surface area contributed by atoms with Crippen LogP contribution in [0.25, 0.3) is 0 Å². The zero-order valence-corrected chi connectivity index (χ0v) is 9.77. The fourth-order valence-corrected chi connectivity index (χ4v) is 1.25. The average Bonchev–Trinajstić information content (AvgIpc) is 2.25. The summed E-state index contributed by atoms with van der Waals surface area (Å²) in [5.74, 6) is -0.566. The zero-order chi connectivity index (χ0) is 13.1. The number of carbonyl (C=O) groups is 1. The first-order chi connectivity index (χ1) is 7.80. The molecule has 1 N–H and O–H groups in total. The van der Waals surface area contributed by atoms with Crippen molar-refractivity contribution in [3.8, 4) is 0 Å². The molecule has 1 amide bonds. The third-order valence-corrected chi connectivity index (χ3v) is 2.15. The molecule has 0 radical (unpaired) electrons. The lowest BCUT2D eigenvalue weighted by atomic mass is 10.1. The Hall–Kier alpha value is -1.23. The molecular weight excluding hydrogens is 255 g/mol. The summed E-state index contributed by atoms with van der Waals surface area (Å²) in [6.45, 7) is 1.88. The van der Waals surface area contributed by atoms with Gasteiger partial charge in [-0.3, -0.25) is 4.79 Å². The monoisotopic (exact) mass is 265 g/mol. The summed E-state index contributed by atoms with van der Waals surface area (Å²) in [5.41, 5.74) is -0.874. The minimum Gasteiger partial charge on any atom is -0.351 e. The van der Waals surface area contributed by atoms with E-state index in [9.17, 15) is 18.0 Å². The molecule has 0 bridgehead atoms. The first-order valence-electron chi connectivity index (χ1n) is 4.90. The van der Waals surface area contributed by atoms with Crippen LogP contribution in [0, 0.1) is 0 Å². The number of benzene rings is 1. The minimum absolute atomic E-state index is 0.0304. The third-order valence-electron chi connectivity index (χ3n) is 2.00. The Labute approximate surface area is 102 Å². The van der Waals surface area contributed by atoms with Crippen molar-refractivity contribution in [2.24, 2.45) is 0 Å². The summed E-state index contributed by atoms with van der Waals surface area (Å²) in [5, 5.41) is 2.17. The Bertz CT molecular complexity index is 404. The van der Waals surface area contributed by atoms with Crippen LogP contribution in [0.5, 0.6) is 0 Å². The van der Waals surface area contributed by atoms with E-state index in [0.29, 0.717) is 0 Å². The predicted molar refractivity (Wildman–Crippen MR) is 59.1 cm³/mol. The van der Waals surface area contributed by atoms with E-state index < -0.39 is 17.6 Å². The fraction of sp³-hybridized carbons (Fsp3) is 0.364. The van der Waals surface area contributed by atoms with Crippen LogP contribution in [0.1, 0.15) is 22.8 Å². The van der Waals surface area contributed by atoms with Crippen molar-refractivity contribution < 1.29 is 18.0 Å². The Kier molecular flexibility index (Phi) is 4.40. The van der Waals surface area contributed by atoms with E-state index in [4.69, 9.17) is 11.6 Å². The molecule has 0 saturated carbocycles. The van der Waals surface area contributed by atoms with E-state index in [-0.39, 0.29) is 17.5 Å². The highest BCUT2D eigenvalue weighted by atomic mass is 35.5. The largest absolute Gasteiger partial charge is 0.416 e. The number of hydrogen-bond donors (Lipinski definition) is 1. The number of halogens is 4. The number of alkyl halides is 4. The van der Waals surface area contributed by atoms with Gasteiger partial charge in [0, 0.05) is 17.5 Å². The molecule has 1 unspecified atom stereocenters. The van der Waals surface area contributed by atoms with Crippen molar-refractivity contribution >= 4 is 17.5 Å². The van der Waals surface area contributed by atoms with Gasteiger partial charge in [0.15, 0.2) is 0 Å². The van der Waals surface area contributed by atoms with Crippen molar-refractivity contribution in [3.63, 3.8) is 0 Å². The molecule has 0 aliphatic rings. The van der Waals surface area contributed by atoms with E-state index in [1.165, 1.54) is 12.1 Å². The number of amides is 1. The molecule has 0 saturated heterocycles. The van der Waals surface area contributed by atoms with Crippen LogP contribution < -0.4 is 5.32 Å². The van der Waals surface area contributed by atoms with Crippen LogP contribution in [0.4, 0.5) is 13.2 Å². The van der Waals surface area contributed by atoms with E-state index in [1.807, 2.05) is 0 Å². The molecule has 1 atom stereocenters. The molecular formula is C11H11ClF3NO. The second-order valence-corrected chi connectivity index (χ2v) is 4.31. The first-order valence-corrected chi connectivity index (χ1v) is 5.34. The van der Waals surface area contributed by atoms with Crippen molar-refractivity contribution in [1.29, 1.82) is 0 Å². The van der Waals surface area contributed by atoms with Gasteiger partial charge in [0.2, 0.25) is 0 Å². The summed E-state index contributed by atoms with van der Waals surface area (Å²) >= 11 is 5.62. The second kappa shape index (κ2) is 5.40. The molecule has 0 fully saturated rings. The predicted octanol–water partition coefficient (Wildman–Crippen LogP) is 3.06. The highest BCUT2D eigenvalue weighted by Crippen LogP contribution is 2.29. The van der Waals surface area contributed by atoms with Crippen LogP contribution in [-0.2, 0) is 6.18 Å². The van der Waals surface area contributed by atoms with E-state index in [2.05, 4.69) is 5.32 Å². The van der Waals surface area contributed by atoms with Gasteiger partial charge in [-0.05, 0) is 25.1 Å². The molecule has 1 rings (SSSR count). The summed E-state index contributed by atoms with van der Waals surface area (Å²) < 4.78 is 37.2. The molecule has 0 aliphatic heterocycles.